The number of hydrogen-bond donors (Lipinski definition) is 1. The van der Waals surface area contributed by atoms with Crippen LogP contribution in [0.15, 0.2) is 27.1 Å². The summed E-state index contributed by atoms with van der Waals surface area (Å²) in [7, 11) is 0. The number of hydrogen-bond acceptors (Lipinski definition) is 5. The second kappa shape index (κ2) is 5.29. The number of nitrogens with zero attached hydrogens (tertiary/aromatic N) is 2. The average Bonchev–Trinajstić information content (AvgIpc) is 3.00. The van der Waals surface area contributed by atoms with Crippen molar-refractivity contribution in [2.24, 2.45) is 0 Å². The number of oxazole rings is 1. The van der Waals surface area contributed by atoms with Gasteiger partial charge in [0.2, 0.25) is 0 Å². The van der Waals surface area contributed by atoms with Crippen molar-refractivity contribution in [3.8, 4) is 0 Å². The van der Waals surface area contributed by atoms with Gasteiger partial charge in [0, 0.05) is 18.5 Å². The topological polar surface area (TPSA) is 81.2 Å². The molecule has 0 radical (unpaired) electrons. The zero-order valence-electron chi connectivity index (χ0n) is 12.9. The van der Waals surface area contributed by atoms with Crippen LogP contribution in [0.25, 0.3) is 11.1 Å². The lowest BCUT2D eigenvalue weighted by Crippen LogP contribution is -2.14. The molecule has 0 saturated heterocycles. The number of fused-ring (bicyclic) bond motifs is 1. The van der Waals surface area contributed by atoms with E-state index in [4.69, 9.17) is 8.94 Å². The lowest BCUT2D eigenvalue weighted by Gasteiger charge is -2.07. The third kappa shape index (κ3) is 2.47. The zero-order valence-corrected chi connectivity index (χ0v) is 12.9. The summed E-state index contributed by atoms with van der Waals surface area (Å²) < 4.78 is 10.7. The van der Waals surface area contributed by atoms with Crippen molar-refractivity contribution in [3.05, 3.63) is 41.1 Å². The Morgan fingerprint density at radius 3 is 2.77 bits per heavy atom. The minimum absolute atomic E-state index is 0.0858. The third-order valence-corrected chi connectivity index (χ3v) is 3.39. The van der Waals surface area contributed by atoms with E-state index in [0.717, 1.165) is 0 Å². The summed E-state index contributed by atoms with van der Waals surface area (Å²) in [6.07, 6.45) is 0. The van der Waals surface area contributed by atoms with Gasteiger partial charge in [0.1, 0.15) is 11.1 Å². The summed E-state index contributed by atoms with van der Waals surface area (Å²) in [6.45, 7) is 7.46. The number of amides is 1. The molecule has 0 saturated carbocycles. The number of aromatic nitrogens is 2. The van der Waals surface area contributed by atoms with Crippen LogP contribution in [0.3, 0.4) is 0 Å². The van der Waals surface area contributed by atoms with Crippen LogP contribution in [0, 0.1) is 13.8 Å². The van der Waals surface area contributed by atoms with E-state index in [1.165, 1.54) is 0 Å². The van der Waals surface area contributed by atoms with Crippen LogP contribution in [0.2, 0.25) is 0 Å². The van der Waals surface area contributed by atoms with E-state index in [0.29, 0.717) is 39.7 Å². The van der Waals surface area contributed by atoms with E-state index in [-0.39, 0.29) is 11.8 Å². The Labute approximate surface area is 127 Å². The largest absolute Gasteiger partial charge is 0.441 e. The van der Waals surface area contributed by atoms with Crippen molar-refractivity contribution in [1.82, 2.24) is 10.1 Å². The van der Waals surface area contributed by atoms with Crippen molar-refractivity contribution >= 4 is 22.7 Å². The van der Waals surface area contributed by atoms with E-state index in [9.17, 15) is 4.79 Å². The summed E-state index contributed by atoms with van der Waals surface area (Å²) in [5.41, 5.74) is 3.13. The molecule has 0 aliphatic rings. The van der Waals surface area contributed by atoms with Crippen molar-refractivity contribution in [1.29, 1.82) is 0 Å². The highest BCUT2D eigenvalue weighted by Gasteiger charge is 2.22. The summed E-state index contributed by atoms with van der Waals surface area (Å²) in [6, 6.07) is 5.35. The smallest absolute Gasteiger partial charge is 0.261 e. The zero-order chi connectivity index (χ0) is 15.9. The molecule has 0 aliphatic heterocycles. The van der Waals surface area contributed by atoms with Crippen molar-refractivity contribution in [3.63, 3.8) is 0 Å². The van der Waals surface area contributed by atoms with E-state index in [1.54, 1.807) is 32.0 Å². The standard InChI is InChI=1S/C16H17N3O3/c1-8(2)15-14(9(3)19-22-15)16(20)18-11-5-6-13-12(7-11)17-10(4)21-13/h5-8H,1-4H3,(H,18,20). The first-order chi connectivity index (χ1) is 10.5. The summed E-state index contributed by atoms with van der Waals surface area (Å²) in [5, 5.41) is 6.75. The van der Waals surface area contributed by atoms with Gasteiger partial charge in [0.15, 0.2) is 17.2 Å². The molecule has 0 fully saturated rings. The van der Waals surface area contributed by atoms with Gasteiger partial charge in [-0.05, 0) is 25.1 Å². The van der Waals surface area contributed by atoms with Gasteiger partial charge >= 0.3 is 0 Å². The average molecular weight is 299 g/mol. The predicted octanol–water partition coefficient (Wildman–Crippen LogP) is 3.81. The third-order valence-electron chi connectivity index (χ3n) is 3.39. The van der Waals surface area contributed by atoms with E-state index in [1.807, 2.05) is 13.8 Å². The highest BCUT2D eigenvalue weighted by molar-refractivity contribution is 6.06. The Balaban J connectivity index is 1.91. The van der Waals surface area contributed by atoms with Gasteiger partial charge in [-0.15, -0.1) is 0 Å². The molecule has 0 atom stereocenters. The molecular formula is C16H17N3O3. The molecule has 0 bridgehead atoms. The molecule has 114 valence electrons. The van der Waals surface area contributed by atoms with Crippen LogP contribution < -0.4 is 5.32 Å². The highest BCUT2D eigenvalue weighted by Crippen LogP contribution is 2.24. The van der Waals surface area contributed by atoms with E-state index in [2.05, 4.69) is 15.5 Å². The Bertz CT molecular complexity index is 846. The molecule has 1 amide bonds. The minimum atomic E-state index is -0.234. The van der Waals surface area contributed by atoms with Gasteiger partial charge in [-0.1, -0.05) is 19.0 Å². The van der Waals surface area contributed by atoms with Crippen molar-refractivity contribution in [2.45, 2.75) is 33.6 Å². The first kappa shape index (κ1) is 14.3. The fourth-order valence-electron chi connectivity index (χ4n) is 2.37. The Hall–Kier alpha value is -2.63. The maximum atomic E-state index is 12.5. The Morgan fingerprint density at radius 1 is 1.27 bits per heavy atom. The van der Waals surface area contributed by atoms with Crippen LogP contribution in [-0.2, 0) is 0 Å². The van der Waals surface area contributed by atoms with Crippen molar-refractivity contribution in [2.75, 3.05) is 5.32 Å². The number of rotatable bonds is 3. The van der Waals surface area contributed by atoms with Gasteiger partial charge in [-0.25, -0.2) is 4.98 Å². The van der Waals surface area contributed by atoms with Crippen LogP contribution in [-0.4, -0.2) is 16.0 Å². The molecule has 0 unspecified atom stereocenters. The number of benzene rings is 1. The first-order valence-electron chi connectivity index (χ1n) is 7.10. The Morgan fingerprint density at radius 2 is 2.05 bits per heavy atom. The number of nitrogens with one attached hydrogen (secondary N) is 1. The molecule has 22 heavy (non-hydrogen) atoms. The second-order valence-corrected chi connectivity index (χ2v) is 5.53. The highest BCUT2D eigenvalue weighted by atomic mass is 16.5. The fraction of sp³-hybridized carbons (Fsp3) is 0.312. The summed E-state index contributed by atoms with van der Waals surface area (Å²) >= 11 is 0. The van der Waals surface area contributed by atoms with Crippen LogP contribution in [0.5, 0.6) is 0 Å². The van der Waals surface area contributed by atoms with Gasteiger partial charge in [-0.2, -0.15) is 0 Å². The maximum absolute atomic E-state index is 12.5. The molecule has 0 spiro atoms. The minimum Gasteiger partial charge on any atom is -0.441 e. The van der Waals surface area contributed by atoms with E-state index >= 15 is 0 Å². The van der Waals surface area contributed by atoms with Crippen LogP contribution >= 0.6 is 0 Å². The number of anilines is 1. The summed E-state index contributed by atoms with van der Waals surface area (Å²) in [5.74, 6) is 1.04. The molecule has 6 heteroatoms. The van der Waals surface area contributed by atoms with Gasteiger partial charge in [-0.3, -0.25) is 4.79 Å². The fourth-order valence-corrected chi connectivity index (χ4v) is 2.37. The monoisotopic (exact) mass is 299 g/mol. The summed E-state index contributed by atoms with van der Waals surface area (Å²) in [4.78, 5) is 16.8. The van der Waals surface area contributed by atoms with E-state index < -0.39 is 0 Å². The molecule has 1 aromatic carbocycles. The van der Waals surface area contributed by atoms with Crippen LogP contribution in [0.1, 0.15) is 47.5 Å². The molecular weight excluding hydrogens is 282 g/mol. The molecule has 1 N–H and O–H groups in total. The SMILES string of the molecule is Cc1nc2cc(NC(=O)c3c(C)noc3C(C)C)ccc2o1. The lowest BCUT2D eigenvalue weighted by molar-refractivity contribution is 0.102. The van der Waals surface area contributed by atoms with Gasteiger partial charge in [0.25, 0.3) is 5.91 Å². The first-order valence-corrected chi connectivity index (χ1v) is 7.10. The molecule has 2 heterocycles. The van der Waals surface area contributed by atoms with Gasteiger partial charge < -0.3 is 14.3 Å². The number of carbonyl (C=O) groups is 1. The molecule has 0 aliphatic carbocycles. The molecule has 3 rings (SSSR count). The molecule has 3 aromatic rings. The number of carbonyl (C=O) groups excluding carboxylic acids is 1. The second-order valence-electron chi connectivity index (χ2n) is 5.53. The Kier molecular flexibility index (Phi) is 3.44. The predicted molar refractivity (Wildman–Crippen MR) is 82.0 cm³/mol. The maximum Gasteiger partial charge on any atom is 0.261 e. The lowest BCUT2D eigenvalue weighted by atomic mass is 10.0. The normalized spacial score (nSPS) is 11.3. The van der Waals surface area contributed by atoms with Crippen molar-refractivity contribution < 1.29 is 13.7 Å². The van der Waals surface area contributed by atoms with Gasteiger partial charge in [0.05, 0.1) is 5.69 Å². The molecule has 2 aromatic heterocycles. The quantitative estimate of drug-likeness (QED) is 0.795. The molecule has 6 nitrogen and oxygen atoms in total. The van der Waals surface area contributed by atoms with Crippen LogP contribution in [0.4, 0.5) is 5.69 Å². The number of aryl methyl sites for hydroxylation is 2.